The number of nitrogens with zero attached hydrogens (tertiary/aromatic N) is 1. The van der Waals surface area contributed by atoms with E-state index in [1.165, 1.54) is 5.56 Å². The summed E-state index contributed by atoms with van der Waals surface area (Å²) in [5, 5.41) is 3.12. The molecule has 0 amide bonds. The van der Waals surface area contributed by atoms with Gasteiger partial charge in [-0.05, 0) is 24.1 Å². The Labute approximate surface area is 130 Å². The van der Waals surface area contributed by atoms with E-state index in [2.05, 4.69) is 22.4 Å². The Morgan fingerprint density at radius 3 is 2.45 bits per heavy atom. The Morgan fingerprint density at radius 2 is 1.73 bits per heavy atom. The van der Waals surface area contributed by atoms with Crippen LogP contribution in [0.2, 0.25) is 0 Å². The van der Waals surface area contributed by atoms with Crippen molar-refractivity contribution in [2.24, 2.45) is 16.5 Å². The fourth-order valence-electron chi connectivity index (χ4n) is 2.80. The molecule has 2 aromatic carbocycles. The molecule has 2 aromatic rings. The molecule has 0 saturated heterocycles. The van der Waals surface area contributed by atoms with E-state index < -0.39 is 5.66 Å². The van der Waals surface area contributed by atoms with Crippen LogP contribution in [0, 0.1) is 6.92 Å². The largest absolute Gasteiger partial charge is 0.370 e. The summed E-state index contributed by atoms with van der Waals surface area (Å²) in [6.45, 7) is 2.03. The van der Waals surface area contributed by atoms with Gasteiger partial charge in [0.2, 0.25) is 0 Å². The van der Waals surface area contributed by atoms with Crippen LogP contribution in [0.4, 0.5) is 0 Å². The standard InChI is InChI=1S/C18H20N4/c1-13-7-5-6-10-16(13)18(20)12-15(21-17(19)22-18)11-14-8-3-2-4-9-14/h2-10,12H,11,20H2,1H3,(H3,19,21,22). The fraction of sp³-hybridized carbons (Fsp3) is 0.167. The maximum absolute atomic E-state index is 6.53. The van der Waals surface area contributed by atoms with E-state index in [4.69, 9.17) is 11.5 Å². The third-order valence-corrected chi connectivity index (χ3v) is 3.80. The van der Waals surface area contributed by atoms with Gasteiger partial charge in [-0.25, -0.2) is 4.99 Å². The van der Waals surface area contributed by atoms with E-state index in [1.54, 1.807) is 0 Å². The van der Waals surface area contributed by atoms with Gasteiger partial charge < -0.3 is 11.1 Å². The number of rotatable bonds is 3. The van der Waals surface area contributed by atoms with Crippen LogP contribution in [-0.2, 0) is 12.1 Å². The summed E-state index contributed by atoms with van der Waals surface area (Å²) < 4.78 is 0. The highest BCUT2D eigenvalue weighted by molar-refractivity contribution is 5.81. The molecule has 1 unspecified atom stereocenters. The molecule has 1 heterocycles. The Bertz CT molecular complexity index is 734. The second-order valence-electron chi connectivity index (χ2n) is 5.59. The molecule has 0 aliphatic carbocycles. The molecule has 22 heavy (non-hydrogen) atoms. The van der Waals surface area contributed by atoms with Crippen LogP contribution in [-0.4, -0.2) is 5.96 Å². The SMILES string of the molecule is Cc1ccccc1C1(N)C=C(Cc2ccccc2)NC(N)=N1. The lowest BCUT2D eigenvalue weighted by Crippen LogP contribution is -2.45. The highest BCUT2D eigenvalue weighted by atomic mass is 15.2. The van der Waals surface area contributed by atoms with Crippen LogP contribution in [0.25, 0.3) is 0 Å². The summed E-state index contributed by atoms with van der Waals surface area (Å²) in [4.78, 5) is 4.42. The number of nitrogens with two attached hydrogens (primary N) is 2. The van der Waals surface area contributed by atoms with Gasteiger partial charge in [-0.2, -0.15) is 0 Å². The van der Waals surface area contributed by atoms with Gasteiger partial charge >= 0.3 is 0 Å². The van der Waals surface area contributed by atoms with Gasteiger partial charge in [0.1, 0.15) is 0 Å². The summed E-state index contributed by atoms with van der Waals surface area (Å²) in [5.41, 5.74) is 15.8. The molecule has 0 spiro atoms. The molecule has 1 atom stereocenters. The number of aliphatic imine (C=N–C) groups is 1. The third kappa shape index (κ3) is 2.87. The maximum atomic E-state index is 6.53. The van der Waals surface area contributed by atoms with Crippen molar-refractivity contribution in [1.82, 2.24) is 5.32 Å². The van der Waals surface area contributed by atoms with Crippen molar-refractivity contribution < 1.29 is 0 Å². The van der Waals surface area contributed by atoms with Crippen LogP contribution in [0.1, 0.15) is 16.7 Å². The van der Waals surface area contributed by atoms with E-state index in [-0.39, 0.29) is 0 Å². The van der Waals surface area contributed by atoms with Gasteiger partial charge in [0.15, 0.2) is 11.6 Å². The minimum atomic E-state index is -0.926. The first kappa shape index (κ1) is 14.4. The van der Waals surface area contributed by atoms with E-state index in [1.807, 2.05) is 55.5 Å². The summed E-state index contributed by atoms with van der Waals surface area (Å²) in [5.74, 6) is 0.346. The van der Waals surface area contributed by atoms with Crippen molar-refractivity contribution in [1.29, 1.82) is 0 Å². The van der Waals surface area contributed by atoms with Crippen molar-refractivity contribution in [3.8, 4) is 0 Å². The lowest BCUT2D eigenvalue weighted by atomic mass is 9.93. The highest BCUT2D eigenvalue weighted by Gasteiger charge is 2.29. The number of hydrogen-bond acceptors (Lipinski definition) is 4. The van der Waals surface area contributed by atoms with E-state index in [0.717, 1.165) is 23.2 Å². The quantitative estimate of drug-likeness (QED) is 0.811. The number of nitrogens with one attached hydrogen (secondary N) is 1. The predicted octanol–water partition coefficient (Wildman–Crippen LogP) is 2.15. The molecule has 4 nitrogen and oxygen atoms in total. The van der Waals surface area contributed by atoms with Gasteiger partial charge in [-0.1, -0.05) is 54.6 Å². The number of allylic oxidation sites excluding steroid dienone is 1. The van der Waals surface area contributed by atoms with Gasteiger partial charge in [0.05, 0.1) is 0 Å². The summed E-state index contributed by atoms with van der Waals surface area (Å²) in [7, 11) is 0. The molecular weight excluding hydrogens is 272 g/mol. The maximum Gasteiger partial charge on any atom is 0.195 e. The van der Waals surface area contributed by atoms with E-state index >= 15 is 0 Å². The first-order valence-corrected chi connectivity index (χ1v) is 7.30. The van der Waals surface area contributed by atoms with Crippen LogP contribution < -0.4 is 16.8 Å². The molecule has 0 radical (unpaired) electrons. The monoisotopic (exact) mass is 292 g/mol. The molecule has 112 valence electrons. The Kier molecular flexibility index (Phi) is 3.69. The second-order valence-corrected chi connectivity index (χ2v) is 5.59. The van der Waals surface area contributed by atoms with Gasteiger partial charge in [-0.15, -0.1) is 0 Å². The molecule has 5 N–H and O–H groups in total. The lowest BCUT2D eigenvalue weighted by Gasteiger charge is -2.30. The van der Waals surface area contributed by atoms with Crippen molar-refractivity contribution in [2.75, 3.05) is 0 Å². The number of benzene rings is 2. The molecule has 3 rings (SSSR count). The average Bonchev–Trinajstić information content (AvgIpc) is 2.47. The first-order valence-electron chi connectivity index (χ1n) is 7.30. The normalized spacial score (nSPS) is 20.8. The number of aryl methyl sites for hydroxylation is 1. The van der Waals surface area contributed by atoms with Crippen molar-refractivity contribution in [3.63, 3.8) is 0 Å². The fourth-order valence-corrected chi connectivity index (χ4v) is 2.80. The lowest BCUT2D eigenvalue weighted by molar-refractivity contribution is 0.566. The molecule has 1 aliphatic heterocycles. The van der Waals surface area contributed by atoms with Gasteiger partial charge in [-0.3, -0.25) is 5.73 Å². The predicted molar refractivity (Wildman–Crippen MR) is 90.0 cm³/mol. The van der Waals surface area contributed by atoms with E-state index in [9.17, 15) is 0 Å². The number of guanidine groups is 1. The van der Waals surface area contributed by atoms with Crippen LogP contribution in [0.15, 0.2) is 71.4 Å². The zero-order chi connectivity index (χ0) is 15.6. The molecule has 0 saturated carbocycles. The zero-order valence-electron chi connectivity index (χ0n) is 12.6. The topological polar surface area (TPSA) is 76.4 Å². The zero-order valence-corrected chi connectivity index (χ0v) is 12.6. The Balaban J connectivity index is 1.97. The van der Waals surface area contributed by atoms with Crippen LogP contribution >= 0.6 is 0 Å². The molecule has 0 aromatic heterocycles. The summed E-state index contributed by atoms with van der Waals surface area (Å²) in [6, 6.07) is 18.2. The minimum Gasteiger partial charge on any atom is -0.370 e. The first-order chi connectivity index (χ1) is 10.6. The van der Waals surface area contributed by atoms with Crippen molar-refractivity contribution in [2.45, 2.75) is 19.0 Å². The number of hydrogen-bond donors (Lipinski definition) is 3. The van der Waals surface area contributed by atoms with Crippen molar-refractivity contribution in [3.05, 3.63) is 83.1 Å². The van der Waals surface area contributed by atoms with Gasteiger partial charge in [0.25, 0.3) is 0 Å². The minimum absolute atomic E-state index is 0.346. The second kappa shape index (κ2) is 5.66. The molecule has 1 aliphatic rings. The summed E-state index contributed by atoms with van der Waals surface area (Å²) in [6.07, 6.45) is 2.70. The third-order valence-electron chi connectivity index (χ3n) is 3.80. The smallest absolute Gasteiger partial charge is 0.195 e. The molecule has 0 bridgehead atoms. The van der Waals surface area contributed by atoms with Crippen LogP contribution in [0.5, 0.6) is 0 Å². The molecule has 4 heteroatoms. The molecule has 0 fully saturated rings. The average molecular weight is 292 g/mol. The Morgan fingerprint density at radius 1 is 1.05 bits per heavy atom. The molecular formula is C18H20N4. The Hall–Kier alpha value is -2.59. The highest BCUT2D eigenvalue weighted by Crippen LogP contribution is 2.28. The van der Waals surface area contributed by atoms with Crippen molar-refractivity contribution >= 4 is 5.96 Å². The van der Waals surface area contributed by atoms with Crippen LogP contribution in [0.3, 0.4) is 0 Å². The summed E-state index contributed by atoms with van der Waals surface area (Å²) >= 11 is 0. The van der Waals surface area contributed by atoms with Gasteiger partial charge in [0, 0.05) is 17.7 Å². The van der Waals surface area contributed by atoms with E-state index in [0.29, 0.717) is 5.96 Å².